The van der Waals surface area contributed by atoms with E-state index in [-0.39, 0.29) is 6.10 Å². The number of nitrogens with two attached hydrogens (primary N) is 1. The van der Waals surface area contributed by atoms with E-state index < -0.39 is 19.8 Å². The molecule has 0 aromatic rings. The zero-order valence-electron chi connectivity index (χ0n) is 8.26. The fourth-order valence-corrected chi connectivity index (χ4v) is 0.910. The van der Waals surface area contributed by atoms with Gasteiger partial charge in [-0.05, 0) is 20.8 Å². The maximum absolute atomic E-state index is 11.0. The molecule has 0 spiro atoms. The van der Waals surface area contributed by atoms with Gasteiger partial charge in [0, 0.05) is 0 Å². The van der Waals surface area contributed by atoms with Crippen molar-refractivity contribution in [3.63, 3.8) is 0 Å². The Morgan fingerprint density at radius 2 is 2.00 bits per heavy atom. The van der Waals surface area contributed by atoms with E-state index in [1.54, 1.807) is 13.8 Å². The topological polar surface area (TPSA) is 111 Å². The minimum absolute atomic E-state index is 0.121. The van der Waals surface area contributed by atoms with Gasteiger partial charge in [-0.25, -0.2) is 14.9 Å². The molecule has 0 fully saturated rings. The Balaban J connectivity index is 3.95. The van der Waals surface area contributed by atoms with E-state index in [0.29, 0.717) is 0 Å². The number of hydrogen-bond acceptors (Lipinski definition) is 5. The molecule has 2 atom stereocenters. The first kappa shape index (κ1) is 13.5. The zero-order chi connectivity index (χ0) is 11.4. The zero-order valence-corrected chi connectivity index (χ0v) is 9.15. The highest BCUT2D eigenvalue weighted by Crippen LogP contribution is 2.31. The van der Waals surface area contributed by atoms with Gasteiger partial charge in [-0.3, -0.25) is 4.84 Å². The number of carbonyl (C=O) groups excluding carboxylic acids is 1. The van der Waals surface area contributed by atoms with Crippen LogP contribution in [0.15, 0.2) is 0 Å². The van der Waals surface area contributed by atoms with E-state index in [2.05, 4.69) is 15.5 Å². The van der Waals surface area contributed by atoms with Crippen LogP contribution in [0.4, 0.5) is 0 Å². The molecule has 0 saturated heterocycles. The lowest BCUT2D eigenvalue weighted by atomic mass is 10.4. The van der Waals surface area contributed by atoms with Crippen molar-refractivity contribution in [2.75, 3.05) is 0 Å². The lowest BCUT2D eigenvalue weighted by Gasteiger charge is -2.15. The third-order valence-corrected chi connectivity index (χ3v) is 1.50. The molecule has 0 radical (unpaired) electrons. The fourth-order valence-electron chi connectivity index (χ4n) is 0.494. The normalized spacial score (nSPS) is 17.6. The Morgan fingerprint density at radius 3 is 2.36 bits per heavy atom. The van der Waals surface area contributed by atoms with Crippen LogP contribution in [0.25, 0.3) is 0 Å². The van der Waals surface area contributed by atoms with Gasteiger partial charge in [0.25, 0.3) is 0 Å². The Kier molecular flexibility index (Phi) is 5.25. The average molecular weight is 226 g/mol. The number of nitrogens with one attached hydrogen (secondary N) is 1. The molecule has 7 nitrogen and oxygen atoms in total. The van der Waals surface area contributed by atoms with Crippen molar-refractivity contribution in [2.45, 2.75) is 32.9 Å². The molecule has 1 unspecified atom stereocenters. The number of carbonyl (C=O) groups is 1. The average Bonchev–Trinajstić information content (AvgIpc) is 1.96. The molecule has 0 amide bonds. The van der Waals surface area contributed by atoms with Crippen LogP contribution in [0.2, 0.25) is 0 Å². The summed E-state index contributed by atoms with van der Waals surface area (Å²) in [5.74, 6) is -0.945. The summed E-state index contributed by atoms with van der Waals surface area (Å²) in [7, 11) is -4.27. The molecule has 4 N–H and O–H groups in total. The summed E-state index contributed by atoms with van der Waals surface area (Å²) >= 11 is 0. The van der Waals surface area contributed by atoms with E-state index in [9.17, 15) is 9.36 Å². The van der Waals surface area contributed by atoms with Gasteiger partial charge >= 0.3 is 13.7 Å². The molecule has 0 aromatic carbocycles. The first-order valence-electron chi connectivity index (χ1n) is 3.98. The second-order valence-electron chi connectivity index (χ2n) is 2.98. The van der Waals surface area contributed by atoms with Gasteiger partial charge in [-0.1, -0.05) is 0 Å². The summed E-state index contributed by atoms with van der Waals surface area (Å²) in [6.45, 7) is 4.93. The molecule has 0 aliphatic rings. The van der Waals surface area contributed by atoms with Crippen LogP contribution in [0.1, 0.15) is 20.8 Å². The van der Waals surface area contributed by atoms with Gasteiger partial charge in [0.15, 0.2) is 0 Å². The Morgan fingerprint density at radius 1 is 1.50 bits per heavy atom. The van der Waals surface area contributed by atoms with Crippen LogP contribution >= 0.6 is 7.75 Å². The molecule has 84 valence electrons. The van der Waals surface area contributed by atoms with Crippen molar-refractivity contribution in [1.82, 2.24) is 5.48 Å². The maximum Gasteiger partial charge on any atom is 0.455 e. The molecule has 0 aliphatic heterocycles. The summed E-state index contributed by atoms with van der Waals surface area (Å²) in [6.07, 6.45) is -0.121. The first-order chi connectivity index (χ1) is 6.22. The predicted molar refractivity (Wildman–Crippen MR) is 48.9 cm³/mol. The highest BCUT2D eigenvalue weighted by atomic mass is 31.2. The van der Waals surface area contributed by atoms with Gasteiger partial charge in [0.2, 0.25) is 0 Å². The SMILES string of the molecule is CC(C)ON[C@@H](C)C(=O)OP(N)(=O)O. The van der Waals surface area contributed by atoms with Gasteiger partial charge in [0.05, 0.1) is 6.10 Å². The minimum Gasteiger partial charge on any atom is -0.379 e. The summed E-state index contributed by atoms with van der Waals surface area (Å²) in [6, 6.07) is -0.860. The third-order valence-electron chi connectivity index (χ3n) is 1.05. The molecule has 0 rings (SSSR count). The van der Waals surface area contributed by atoms with E-state index >= 15 is 0 Å². The summed E-state index contributed by atoms with van der Waals surface area (Å²) in [5.41, 5.74) is 6.97. The fraction of sp³-hybridized carbons (Fsp3) is 0.833. The van der Waals surface area contributed by atoms with Gasteiger partial charge in [0.1, 0.15) is 6.04 Å². The van der Waals surface area contributed by atoms with Crippen molar-refractivity contribution in [3.8, 4) is 0 Å². The molecule has 0 heterocycles. The second kappa shape index (κ2) is 5.43. The quantitative estimate of drug-likeness (QED) is 0.443. The summed E-state index contributed by atoms with van der Waals surface area (Å²) in [4.78, 5) is 24.4. The summed E-state index contributed by atoms with van der Waals surface area (Å²) in [5, 5.41) is 0. The van der Waals surface area contributed by atoms with E-state index in [0.717, 1.165) is 0 Å². The number of rotatable bonds is 5. The predicted octanol–water partition coefficient (Wildman–Crippen LogP) is -0.0932. The molecule has 0 aromatic heterocycles. The Hall–Kier alpha value is -0.460. The number of hydroxylamine groups is 1. The van der Waals surface area contributed by atoms with Crippen LogP contribution in [0.5, 0.6) is 0 Å². The monoisotopic (exact) mass is 226 g/mol. The largest absolute Gasteiger partial charge is 0.455 e. The van der Waals surface area contributed by atoms with Gasteiger partial charge in [-0.15, -0.1) is 0 Å². The van der Waals surface area contributed by atoms with Crippen molar-refractivity contribution in [3.05, 3.63) is 0 Å². The van der Waals surface area contributed by atoms with Crippen LogP contribution < -0.4 is 11.0 Å². The first-order valence-corrected chi connectivity index (χ1v) is 5.63. The lowest BCUT2D eigenvalue weighted by molar-refractivity contribution is -0.142. The highest BCUT2D eigenvalue weighted by molar-refractivity contribution is 7.50. The molecule has 14 heavy (non-hydrogen) atoms. The Bertz CT molecular complexity index is 238. The van der Waals surface area contributed by atoms with E-state index in [4.69, 9.17) is 9.73 Å². The van der Waals surface area contributed by atoms with Crippen LogP contribution in [0.3, 0.4) is 0 Å². The third kappa shape index (κ3) is 6.99. The van der Waals surface area contributed by atoms with Crippen molar-refractivity contribution in [2.24, 2.45) is 5.50 Å². The van der Waals surface area contributed by atoms with Crippen LogP contribution in [0, 0.1) is 0 Å². The van der Waals surface area contributed by atoms with Crippen molar-refractivity contribution >= 4 is 13.7 Å². The van der Waals surface area contributed by atoms with Crippen molar-refractivity contribution in [1.29, 1.82) is 0 Å². The van der Waals surface area contributed by atoms with Crippen molar-refractivity contribution < 1.29 is 23.6 Å². The lowest BCUT2D eigenvalue weighted by Crippen LogP contribution is -2.36. The van der Waals surface area contributed by atoms with E-state index in [1.165, 1.54) is 6.92 Å². The van der Waals surface area contributed by atoms with E-state index in [1.807, 2.05) is 0 Å². The Labute approximate surface area is 82.1 Å². The minimum atomic E-state index is -4.27. The molecule has 0 aliphatic carbocycles. The molecule has 8 heteroatoms. The summed E-state index contributed by atoms with van der Waals surface area (Å²) < 4.78 is 14.5. The second-order valence-corrected chi connectivity index (χ2v) is 4.29. The smallest absolute Gasteiger partial charge is 0.379 e. The van der Waals surface area contributed by atoms with Gasteiger partial charge < -0.3 is 9.42 Å². The molecule has 0 saturated carbocycles. The molecule has 0 bridgehead atoms. The van der Waals surface area contributed by atoms with Crippen LogP contribution in [-0.2, 0) is 18.7 Å². The van der Waals surface area contributed by atoms with Crippen LogP contribution in [-0.4, -0.2) is 23.0 Å². The number of hydrogen-bond donors (Lipinski definition) is 3. The highest BCUT2D eigenvalue weighted by Gasteiger charge is 2.23. The van der Waals surface area contributed by atoms with Gasteiger partial charge in [-0.2, -0.15) is 5.48 Å². The standard InChI is InChI=1S/C6H15N2O5P/c1-4(2)12-8-5(3)6(9)13-14(7,10)11/h4-5,8H,1-3H3,(H3,7,10,11)/t5-/m0/s1. The molecular formula is C6H15N2O5P. The molecular weight excluding hydrogens is 211 g/mol. The maximum atomic E-state index is 11.0.